The number of unbranched alkanes of at least 4 members (excludes halogenated alkanes) is 2. The van der Waals surface area contributed by atoms with Gasteiger partial charge in [0.05, 0.1) is 6.61 Å². The van der Waals surface area contributed by atoms with Crippen molar-refractivity contribution in [3.05, 3.63) is 0 Å². The number of urea groups is 1. The zero-order valence-electron chi connectivity index (χ0n) is 14.1. The van der Waals surface area contributed by atoms with Gasteiger partial charge in [-0.15, -0.1) is 0 Å². The van der Waals surface area contributed by atoms with Crippen molar-refractivity contribution in [2.45, 2.75) is 51.9 Å². The highest BCUT2D eigenvalue weighted by Gasteiger charge is 2.18. The Morgan fingerprint density at radius 3 is 2.52 bits per heavy atom. The number of carbonyl (C=O) groups is 3. The number of carbonyl (C=O) groups excluding carboxylic acids is 3. The number of amides is 3. The zero-order valence-corrected chi connectivity index (χ0v) is 14.1. The number of ether oxygens (including phenoxy) is 1. The molecule has 0 bridgehead atoms. The van der Waals surface area contributed by atoms with Gasteiger partial charge in [-0.25, -0.2) is 4.79 Å². The van der Waals surface area contributed by atoms with Gasteiger partial charge in [-0.1, -0.05) is 6.42 Å². The van der Waals surface area contributed by atoms with Gasteiger partial charge in [0.15, 0.2) is 0 Å². The molecule has 132 valence electrons. The summed E-state index contributed by atoms with van der Waals surface area (Å²) in [5.74, 6) is 0.0620. The van der Waals surface area contributed by atoms with Gasteiger partial charge in [-0.05, 0) is 32.6 Å². The fraction of sp³-hybridized carbons (Fsp3) is 0.812. The van der Waals surface area contributed by atoms with Crippen molar-refractivity contribution < 1.29 is 19.1 Å². The SMILES string of the molecule is CCOC(=O)CCCCCNC(=O)NCCCN1CCCC1=O. The summed E-state index contributed by atoms with van der Waals surface area (Å²) >= 11 is 0. The number of hydrogen-bond donors (Lipinski definition) is 2. The molecule has 0 aromatic carbocycles. The van der Waals surface area contributed by atoms with Gasteiger partial charge in [0.1, 0.15) is 0 Å². The molecule has 0 atom stereocenters. The van der Waals surface area contributed by atoms with Crippen LogP contribution in [0.2, 0.25) is 0 Å². The third kappa shape index (κ3) is 9.05. The van der Waals surface area contributed by atoms with Crippen molar-refractivity contribution in [2.24, 2.45) is 0 Å². The van der Waals surface area contributed by atoms with E-state index in [0.29, 0.717) is 39.1 Å². The van der Waals surface area contributed by atoms with Crippen molar-refractivity contribution in [3.8, 4) is 0 Å². The molecular formula is C16H29N3O4. The highest BCUT2D eigenvalue weighted by molar-refractivity contribution is 5.78. The van der Waals surface area contributed by atoms with E-state index in [9.17, 15) is 14.4 Å². The predicted octanol–water partition coefficient (Wildman–Crippen LogP) is 1.42. The standard InChI is InChI=1S/C16H29N3O4/c1-2-23-15(21)9-4-3-5-10-17-16(22)18-11-7-13-19-12-6-8-14(19)20/h2-13H2,1H3,(H2,17,18,22). The Labute approximate surface area is 138 Å². The van der Waals surface area contributed by atoms with Gasteiger partial charge in [-0.3, -0.25) is 9.59 Å². The van der Waals surface area contributed by atoms with Crippen LogP contribution in [0.5, 0.6) is 0 Å². The molecule has 3 amide bonds. The number of esters is 1. The second-order valence-electron chi connectivity index (χ2n) is 5.64. The molecule has 1 aliphatic heterocycles. The van der Waals surface area contributed by atoms with Gasteiger partial charge in [0, 0.05) is 39.0 Å². The van der Waals surface area contributed by atoms with Gasteiger partial charge in [0.25, 0.3) is 0 Å². The quantitative estimate of drug-likeness (QED) is 0.444. The lowest BCUT2D eigenvalue weighted by atomic mass is 10.2. The summed E-state index contributed by atoms with van der Waals surface area (Å²) in [7, 11) is 0. The molecule has 2 N–H and O–H groups in total. The molecule has 7 heteroatoms. The van der Waals surface area contributed by atoms with E-state index in [4.69, 9.17) is 4.74 Å². The van der Waals surface area contributed by atoms with Crippen LogP contribution in [0, 0.1) is 0 Å². The number of nitrogens with zero attached hydrogens (tertiary/aromatic N) is 1. The first-order valence-electron chi connectivity index (χ1n) is 8.58. The third-order valence-electron chi connectivity index (χ3n) is 3.71. The lowest BCUT2D eigenvalue weighted by molar-refractivity contribution is -0.143. The van der Waals surface area contributed by atoms with Gasteiger partial charge < -0.3 is 20.3 Å². The van der Waals surface area contributed by atoms with Crippen LogP contribution < -0.4 is 10.6 Å². The van der Waals surface area contributed by atoms with Gasteiger partial charge in [-0.2, -0.15) is 0 Å². The normalized spacial score (nSPS) is 14.0. The number of hydrogen-bond acceptors (Lipinski definition) is 4. The first-order valence-corrected chi connectivity index (χ1v) is 8.58. The minimum absolute atomic E-state index is 0.158. The van der Waals surface area contributed by atoms with E-state index in [1.807, 2.05) is 4.90 Å². The Hall–Kier alpha value is -1.79. The van der Waals surface area contributed by atoms with E-state index in [-0.39, 0.29) is 17.9 Å². The Bertz CT molecular complexity index is 388. The first-order chi connectivity index (χ1) is 11.1. The summed E-state index contributed by atoms with van der Waals surface area (Å²) < 4.78 is 4.84. The summed E-state index contributed by atoms with van der Waals surface area (Å²) in [5, 5.41) is 5.57. The molecule has 0 aliphatic carbocycles. The molecule has 1 aliphatic rings. The topological polar surface area (TPSA) is 87.7 Å². The lowest BCUT2D eigenvalue weighted by Crippen LogP contribution is -2.37. The average Bonchev–Trinajstić information content (AvgIpc) is 2.93. The lowest BCUT2D eigenvalue weighted by Gasteiger charge is -2.15. The van der Waals surface area contributed by atoms with Gasteiger partial charge in [0.2, 0.25) is 5.91 Å². The summed E-state index contributed by atoms with van der Waals surface area (Å²) in [5.41, 5.74) is 0. The van der Waals surface area contributed by atoms with Crippen LogP contribution in [0.1, 0.15) is 51.9 Å². The summed E-state index contributed by atoms with van der Waals surface area (Å²) in [6.07, 6.45) is 5.33. The Balaban J connectivity index is 1.88. The molecule has 1 heterocycles. The maximum atomic E-state index is 11.6. The van der Waals surface area contributed by atoms with Crippen LogP contribution in [0.3, 0.4) is 0 Å². The maximum absolute atomic E-state index is 11.6. The molecule has 1 rings (SSSR count). The molecule has 1 fully saturated rings. The van der Waals surface area contributed by atoms with Crippen molar-refractivity contribution in [2.75, 3.05) is 32.8 Å². The molecule has 0 radical (unpaired) electrons. The summed E-state index contributed by atoms with van der Waals surface area (Å²) in [6.45, 7) is 4.94. The number of likely N-dealkylation sites (tertiary alicyclic amines) is 1. The third-order valence-corrected chi connectivity index (χ3v) is 3.71. The fourth-order valence-corrected chi connectivity index (χ4v) is 2.48. The second kappa shape index (κ2) is 11.7. The van der Waals surface area contributed by atoms with Crippen LogP contribution >= 0.6 is 0 Å². The maximum Gasteiger partial charge on any atom is 0.314 e. The number of nitrogens with one attached hydrogen (secondary N) is 2. The van der Waals surface area contributed by atoms with Crippen molar-refractivity contribution in [1.82, 2.24) is 15.5 Å². The van der Waals surface area contributed by atoms with Gasteiger partial charge >= 0.3 is 12.0 Å². The summed E-state index contributed by atoms with van der Waals surface area (Å²) in [6, 6.07) is -0.178. The Kier molecular flexibility index (Phi) is 9.83. The number of rotatable bonds is 11. The molecule has 1 saturated heterocycles. The smallest absolute Gasteiger partial charge is 0.314 e. The minimum atomic E-state index is -0.178. The van der Waals surface area contributed by atoms with E-state index in [1.165, 1.54) is 0 Å². The monoisotopic (exact) mass is 327 g/mol. The Morgan fingerprint density at radius 1 is 1.13 bits per heavy atom. The van der Waals surface area contributed by atoms with Crippen LogP contribution in [-0.4, -0.2) is 55.6 Å². The Morgan fingerprint density at radius 2 is 1.87 bits per heavy atom. The average molecular weight is 327 g/mol. The van der Waals surface area contributed by atoms with E-state index in [1.54, 1.807) is 6.92 Å². The molecular weight excluding hydrogens is 298 g/mol. The molecule has 7 nitrogen and oxygen atoms in total. The second-order valence-corrected chi connectivity index (χ2v) is 5.64. The van der Waals surface area contributed by atoms with Crippen LogP contribution in [-0.2, 0) is 14.3 Å². The first kappa shape index (κ1) is 19.3. The molecule has 0 spiro atoms. The van der Waals surface area contributed by atoms with E-state index in [2.05, 4.69) is 10.6 Å². The van der Waals surface area contributed by atoms with E-state index >= 15 is 0 Å². The van der Waals surface area contributed by atoms with Crippen LogP contribution in [0.15, 0.2) is 0 Å². The zero-order chi connectivity index (χ0) is 16.9. The van der Waals surface area contributed by atoms with E-state index < -0.39 is 0 Å². The molecule has 23 heavy (non-hydrogen) atoms. The van der Waals surface area contributed by atoms with Crippen molar-refractivity contribution >= 4 is 17.9 Å². The minimum Gasteiger partial charge on any atom is -0.466 e. The molecule has 0 saturated carbocycles. The predicted molar refractivity (Wildman–Crippen MR) is 86.9 cm³/mol. The highest BCUT2D eigenvalue weighted by Crippen LogP contribution is 2.09. The van der Waals surface area contributed by atoms with Crippen LogP contribution in [0.4, 0.5) is 4.79 Å². The largest absolute Gasteiger partial charge is 0.466 e. The fourth-order valence-electron chi connectivity index (χ4n) is 2.48. The van der Waals surface area contributed by atoms with E-state index in [0.717, 1.165) is 38.6 Å². The highest BCUT2D eigenvalue weighted by atomic mass is 16.5. The van der Waals surface area contributed by atoms with Crippen LogP contribution in [0.25, 0.3) is 0 Å². The molecule has 0 aromatic heterocycles. The molecule has 0 unspecified atom stereocenters. The summed E-state index contributed by atoms with van der Waals surface area (Å²) in [4.78, 5) is 35.9. The van der Waals surface area contributed by atoms with Crippen molar-refractivity contribution in [1.29, 1.82) is 0 Å². The van der Waals surface area contributed by atoms with Crippen molar-refractivity contribution in [3.63, 3.8) is 0 Å². The molecule has 0 aromatic rings.